The molecule has 0 aromatic heterocycles. The van der Waals surface area contributed by atoms with Crippen molar-refractivity contribution in [2.24, 2.45) is 0 Å². The minimum atomic E-state index is -1.00. The van der Waals surface area contributed by atoms with Gasteiger partial charge in [-0.15, -0.1) is 0 Å². The van der Waals surface area contributed by atoms with Gasteiger partial charge in [0.2, 0.25) is 0 Å². The predicted octanol–water partition coefficient (Wildman–Crippen LogP) is -0.946. The number of nitrogens with one attached hydrogen (secondary N) is 3. The van der Waals surface area contributed by atoms with Crippen molar-refractivity contribution in [1.82, 2.24) is 20.9 Å². The normalized spacial score (nSPS) is 18.1. The molecule has 1 rings (SSSR count). The van der Waals surface area contributed by atoms with E-state index in [-0.39, 0.29) is 0 Å². The van der Waals surface area contributed by atoms with Crippen LogP contribution in [-0.4, -0.2) is 67.3 Å². The number of urea groups is 1. The first kappa shape index (κ1) is 14.7. The van der Waals surface area contributed by atoms with E-state index < -0.39 is 18.0 Å². The second kappa shape index (κ2) is 7.88. The molecule has 1 aliphatic rings. The zero-order chi connectivity index (χ0) is 13.4. The zero-order valence-electron chi connectivity index (χ0n) is 10.7. The molecule has 1 heterocycles. The molecule has 7 nitrogen and oxygen atoms in total. The highest BCUT2D eigenvalue weighted by atomic mass is 16.4. The van der Waals surface area contributed by atoms with E-state index in [2.05, 4.69) is 20.9 Å². The Morgan fingerprint density at radius 3 is 2.61 bits per heavy atom. The third-order valence-electron chi connectivity index (χ3n) is 2.93. The van der Waals surface area contributed by atoms with Crippen LogP contribution in [0, 0.1) is 0 Å². The molecule has 2 amide bonds. The average molecular weight is 258 g/mol. The monoisotopic (exact) mass is 258 g/mol. The van der Waals surface area contributed by atoms with Gasteiger partial charge in [0, 0.05) is 39.3 Å². The largest absolute Gasteiger partial charge is 0.480 e. The molecule has 4 N–H and O–H groups in total. The fraction of sp³-hybridized carbons (Fsp3) is 0.818. The van der Waals surface area contributed by atoms with Crippen molar-refractivity contribution in [3.05, 3.63) is 0 Å². The van der Waals surface area contributed by atoms with Gasteiger partial charge in [0.25, 0.3) is 0 Å². The van der Waals surface area contributed by atoms with Crippen LogP contribution in [-0.2, 0) is 4.79 Å². The van der Waals surface area contributed by atoms with Gasteiger partial charge in [0.15, 0.2) is 0 Å². The number of hydrogen-bond donors (Lipinski definition) is 4. The Labute approximate surface area is 107 Å². The number of carbonyl (C=O) groups is 2. The highest BCUT2D eigenvalue weighted by Gasteiger charge is 2.17. The van der Waals surface area contributed by atoms with E-state index in [4.69, 9.17) is 5.11 Å². The number of rotatable bonds is 6. The van der Waals surface area contributed by atoms with Crippen LogP contribution in [0.3, 0.4) is 0 Å². The van der Waals surface area contributed by atoms with E-state index in [1.165, 1.54) is 0 Å². The van der Waals surface area contributed by atoms with Crippen molar-refractivity contribution in [2.75, 3.05) is 39.3 Å². The SMILES string of the molecule is CC[C@@H](NC(=O)NCCN1CCNCC1)C(=O)O. The number of carboxylic acids is 1. The summed E-state index contributed by atoms with van der Waals surface area (Å²) < 4.78 is 0. The van der Waals surface area contributed by atoms with E-state index in [9.17, 15) is 9.59 Å². The summed E-state index contributed by atoms with van der Waals surface area (Å²) in [6.07, 6.45) is 0.376. The minimum Gasteiger partial charge on any atom is -0.480 e. The number of carbonyl (C=O) groups excluding carboxylic acids is 1. The molecule has 0 radical (unpaired) electrons. The van der Waals surface area contributed by atoms with Crippen molar-refractivity contribution in [1.29, 1.82) is 0 Å². The lowest BCUT2D eigenvalue weighted by Crippen LogP contribution is -2.49. The number of amides is 2. The number of nitrogens with zero attached hydrogens (tertiary/aromatic N) is 1. The number of carboxylic acid groups (broad SMARTS) is 1. The Hall–Kier alpha value is -1.34. The van der Waals surface area contributed by atoms with Gasteiger partial charge in [-0.3, -0.25) is 4.90 Å². The van der Waals surface area contributed by atoms with Gasteiger partial charge in [0.1, 0.15) is 6.04 Å². The van der Waals surface area contributed by atoms with Crippen LogP contribution in [0.4, 0.5) is 4.79 Å². The molecule has 104 valence electrons. The molecule has 7 heteroatoms. The molecule has 1 saturated heterocycles. The van der Waals surface area contributed by atoms with Crippen LogP contribution < -0.4 is 16.0 Å². The molecule has 0 spiro atoms. The van der Waals surface area contributed by atoms with Gasteiger partial charge in [-0.05, 0) is 6.42 Å². The van der Waals surface area contributed by atoms with E-state index in [1.807, 2.05) is 0 Å². The highest BCUT2D eigenvalue weighted by Crippen LogP contribution is 1.91. The summed E-state index contributed by atoms with van der Waals surface area (Å²) in [5, 5.41) is 17.1. The van der Waals surface area contributed by atoms with Crippen LogP contribution in [0.2, 0.25) is 0 Å². The van der Waals surface area contributed by atoms with Crippen molar-refractivity contribution in [3.8, 4) is 0 Å². The Kier molecular flexibility index (Phi) is 6.45. The van der Waals surface area contributed by atoms with Gasteiger partial charge in [-0.25, -0.2) is 9.59 Å². The summed E-state index contributed by atoms with van der Waals surface area (Å²) in [7, 11) is 0. The Morgan fingerprint density at radius 1 is 1.39 bits per heavy atom. The molecule has 0 bridgehead atoms. The predicted molar refractivity (Wildman–Crippen MR) is 67.6 cm³/mol. The third-order valence-corrected chi connectivity index (χ3v) is 2.93. The first-order valence-corrected chi connectivity index (χ1v) is 6.33. The summed E-state index contributed by atoms with van der Waals surface area (Å²) >= 11 is 0. The molecule has 18 heavy (non-hydrogen) atoms. The quantitative estimate of drug-likeness (QED) is 0.493. The van der Waals surface area contributed by atoms with E-state index in [1.54, 1.807) is 6.92 Å². The molecule has 0 aromatic rings. The first-order chi connectivity index (χ1) is 8.63. The summed E-state index contributed by atoms with van der Waals surface area (Å²) in [5.41, 5.74) is 0. The maximum Gasteiger partial charge on any atom is 0.326 e. The summed E-state index contributed by atoms with van der Waals surface area (Å²) in [4.78, 5) is 24.4. The second-order valence-electron chi connectivity index (χ2n) is 4.29. The summed E-state index contributed by atoms with van der Waals surface area (Å²) in [6, 6.07) is -1.23. The van der Waals surface area contributed by atoms with E-state index in [0.29, 0.717) is 13.0 Å². The zero-order valence-corrected chi connectivity index (χ0v) is 10.7. The topological polar surface area (TPSA) is 93.7 Å². The van der Waals surface area contributed by atoms with E-state index in [0.717, 1.165) is 32.7 Å². The van der Waals surface area contributed by atoms with Crippen molar-refractivity contribution >= 4 is 12.0 Å². The van der Waals surface area contributed by atoms with Crippen molar-refractivity contribution < 1.29 is 14.7 Å². The standard InChI is InChI=1S/C11H22N4O3/c1-2-9(10(16)17)14-11(18)13-5-8-15-6-3-12-4-7-15/h9,12H,2-8H2,1H3,(H,16,17)(H2,13,14,18)/t9-/m1/s1. The molecule has 0 saturated carbocycles. The molecule has 1 fully saturated rings. The van der Waals surface area contributed by atoms with Gasteiger partial charge in [-0.1, -0.05) is 6.92 Å². The molecule has 0 unspecified atom stereocenters. The Bertz CT molecular complexity index is 279. The van der Waals surface area contributed by atoms with Crippen molar-refractivity contribution in [2.45, 2.75) is 19.4 Å². The molecule has 1 aliphatic heterocycles. The molecule has 0 aromatic carbocycles. The van der Waals surface area contributed by atoms with Crippen LogP contribution in [0.5, 0.6) is 0 Å². The number of piperazine rings is 1. The molecular weight excluding hydrogens is 236 g/mol. The Morgan fingerprint density at radius 2 is 2.06 bits per heavy atom. The maximum absolute atomic E-state index is 11.4. The lowest BCUT2D eigenvalue weighted by Gasteiger charge is -2.27. The molecular formula is C11H22N4O3. The fourth-order valence-electron chi connectivity index (χ4n) is 1.81. The second-order valence-corrected chi connectivity index (χ2v) is 4.29. The highest BCUT2D eigenvalue weighted by molar-refractivity contribution is 5.82. The average Bonchev–Trinajstić information content (AvgIpc) is 2.37. The third kappa shape index (κ3) is 5.33. The first-order valence-electron chi connectivity index (χ1n) is 6.33. The minimum absolute atomic E-state index is 0.376. The van der Waals surface area contributed by atoms with Crippen LogP contribution >= 0.6 is 0 Å². The lowest BCUT2D eigenvalue weighted by molar-refractivity contribution is -0.139. The molecule has 0 aliphatic carbocycles. The van der Waals surface area contributed by atoms with E-state index >= 15 is 0 Å². The number of hydrogen-bond acceptors (Lipinski definition) is 4. The Balaban J connectivity index is 2.14. The number of aliphatic carboxylic acids is 1. The van der Waals surface area contributed by atoms with Gasteiger partial charge >= 0.3 is 12.0 Å². The summed E-state index contributed by atoms with van der Waals surface area (Å²) in [5.74, 6) is -1.00. The van der Waals surface area contributed by atoms with Gasteiger partial charge in [-0.2, -0.15) is 0 Å². The lowest BCUT2D eigenvalue weighted by atomic mass is 10.2. The van der Waals surface area contributed by atoms with Crippen LogP contribution in [0.25, 0.3) is 0 Å². The smallest absolute Gasteiger partial charge is 0.326 e. The van der Waals surface area contributed by atoms with Crippen LogP contribution in [0.1, 0.15) is 13.3 Å². The van der Waals surface area contributed by atoms with Crippen LogP contribution in [0.15, 0.2) is 0 Å². The molecule has 1 atom stereocenters. The summed E-state index contributed by atoms with van der Waals surface area (Å²) in [6.45, 7) is 6.96. The van der Waals surface area contributed by atoms with Gasteiger partial charge in [0.05, 0.1) is 0 Å². The maximum atomic E-state index is 11.4. The van der Waals surface area contributed by atoms with Crippen molar-refractivity contribution in [3.63, 3.8) is 0 Å². The fourth-order valence-corrected chi connectivity index (χ4v) is 1.81. The van der Waals surface area contributed by atoms with Gasteiger partial charge < -0.3 is 21.1 Å².